The lowest BCUT2D eigenvalue weighted by molar-refractivity contribution is 0.0648. The number of halogens is 2. The number of nitrogens with zero attached hydrogens (tertiary/aromatic N) is 2. The second-order valence-corrected chi connectivity index (χ2v) is 9.00. The first kappa shape index (κ1) is 21.7. The number of aromatic nitrogens is 1. The molecule has 0 bridgehead atoms. The summed E-state index contributed by atoms with van der Waals surface area (Å²) in [5.74, 6) is -2.08. The first-order chi connectivity index (χ1) is 14.9. The molecule has 1 aliphatic carbocycles. The van der Waals surface area contributed by atoms with Crippen LogP contribution in [0.2, 0.25) is 0 Å². The summed E-state index contributed by atoms with van der Waals surface area (Å²) in [5, 5.41) is 0. The molecule has 6 heteroatoms. The van der Waals surface area contributed by atoms with Gasteiger partial charge in [0, 0.05) is 36.4 Å². The molecule has 0 unspecified atom stereocenters. The molecule has 0 atom stereocenters. The maximum absolute atomic E-state index is 14.0. The minimum atomic E-state index is -0.694. The number of piperidine rings is 1. The van der Waals surface area contributed by atoms with Crippen molar-refractivity contribution in [2.24, 2.45) is 5.92 Å². The molecule has 0 radical (unpaired) electrons. The van der Waals surface area contributed by atoms with Crippen LogP contribution in [0.5, 0.6) is 0 Å². The molecule has 2 heterocycles. The van der Waals surface area contributed by atoms with Crippen LogP contribution in [-0.2, 0) is 0 Å². The normalized spacial score (nSPS) is 18.4. The Morgan fingerprint density at radius 2 is 1.58 bits per heavy atom. The highest BCUT2D eigenvalue weighted by Gasteiger charge is 2.31. The van der Waals surface area contributed by atoms with E-state index in [1.54, 1.807) is 4.90 Å². The van der Waals surface area contributed by atoms with Crippen molar-refractivity contribution in [1.82, 2.24) is 9.47 Å². The number of likely N-dealkylation sites (tertiary alicyclic amines) is 1. The smallest absolute Gasteiger partial charge is 0.255 e. The van der Waals surface area contributed by atoms with Gasteiger partial charge < -0.3 is 9.47 Å². The highest BCUT2D eigenvalue weighted by atomic mass is 19.1. The van der Waals surface area contributed by atoms with Gasteiger partial charge >= 0.3 is 0 Å². The van der Waals surface area contributed by atoms with Crippen LogP contribution < -0.4 is 0 Å². The lowest BCUT2D eigenvalue weighted by Gasteiger charge is -2.31. The molecular formula is C25H30F2N2O2. The molecule has 1 amide bonds. The molecular weight excluding hydrogens is 398 g/mol. The molecule has 31 heavy (non-hydrogen) atoms. The number of Topliss-reactive ketones (excluding diaryl/α,β-unsaturated/α-hetero) is 1. The van der Waals surface area contributed by atoms with Crippen LogP contribution in [0, 0.1) is 31.4 Å². The van der Waals surface area contributed by atoms with E-state index in [2.05, 4.69) is 11.5 Å². The summed E-state index contributed by atoms with van der Waals surface area (Å²) >= 11 is 0. The first-order valence-electron chi connectivity index (χ1n) is 11.3. The van der Waals surface area contributed by atoms with Crippen LogP contribution in [0.1, 0.15) is 83.1 Å². The van der Waals surface area contributed by atoms with Crippen molar-refractivity contribution >= 4 is 11.7 Å². The average molecular weight is 429 g/mol. The maximum Gasteiger partial charge on any atom is 0.255 e. The predicted octanol–water partition coefficient (Wildman–Crippen LogP) is 5.62. The van der Waals surface area contributed by atoms with Crippen molar-refractivity contribution in [2.45, 2.75) is 64.8 Å². The molecule has 2 fully saturated rings. The first-order valence-corrected chi connectivity index (χ1v) is 11.3. The fraction of sp³-hybridized carbons (Fsp3) is 0.520. The number of aryl methyl sites for hydroxylation is 1. The highest BCUT2D eigenvalue weighted by Crippen LogP contribution is 2.33. The third-order valence-corrected chi connectivity index (χ3v) is 7.00. The van der Waals surface area contributed by atoms with Crippen LogP contribution in [0.4, 0.5) is 8.78 Å². The van der Waals surface area contributed by atoms with E-state index in [0.717, 1.165) is 48.0 Å². The minimum Gasteiger partial charge on any atom is -0.345 e. The summed E-state index contributed by atoms with van der Waals surface area (Å²) in [7, 11) is 0. The van der Waals surface area contributed by atoms with Crippen LogP contribution in [0.25, 0.3) is 0 Å². The fourth-order valence-electron chi connectivity index (χ4n) is 5.32. The molecule has 4 rings (SSSR count). The number of hydrogen-bond donors (Lipinski definition) is 0. The summed E-state index contributed by atoms with van der Waals surface area (Å²) in [5.41, 5.74) is 2.69. The zero-order chi connectivity index (χ0) is 22.1. The summed E-state index contributed by atoms with van der Waals surface area (Å²) in [6, 6.07) is 5.43. The van der Waals surface area contributed by atoms with Gasteiger partial charge in [-0.15, -0.1) is 0 Å². The summed E-state index contributed by atoms with van der Waals surface area (Å²) in [4.78, 5) is 27.7. The average Bonchev–Trinajstić information content (AvgIpc) is 3.09. The number of rotatable bonds is 4. The topological polar surface area (TPSA) is 42.3 Å². The summed E-state index contributed by atoms with van der Waals surface area (Å²) < 4.78 is 29.8. The molecule has 1 aromatic carbocycles. The van der Waals surface area contributed by atoms with E-state index in [1.165, 1.54) is 19.3 Å². The van der Waals surface area contributed by atoms with E-state index in [-0.39, 0.29) is 17.3 Å². The van der Waals surface area contributed by atoms with E-state index in [0.29, 0.717) is 32.0 Å². The zero-order valence-corrected chi connectivity index (χ0v) is 18.3. The van der Waals surface area contributed by atoms with E-state index in [4.69, 9.17) is 0 Å². The maximum atomic E-state index is 14.0. The fourth-order valence-corrected chi connectivity index (χ4v) is 5.32. The van der Waals surface area contributed by atoms with Gasteiger partial charge in [0.1, 0.15) is 11.6 Å². The lowest BCUT2D eigenvalue weighted by Crippen LogP contribution is -2.40. The Hall–Kier alpha value is -2.50. The summed E-state index contributed by atoms with van der Waals surface area (Å²) in [6.45, 7) is 4.98. The molecule has 2 aromatic rings. The van der Waals surface area contributed by atoms with Crippen LogP contribution in [0.3, 0.4) is 0 Å². The van der Waals surface area contributed by atoms with Gasteiger partial charge in [-0.25, -0.2) is 8.78 Å². The molecule has 1 saturated carbocycles. The molecule has 1 saturated heterocycles. The number of benzene rings is 1. The molecule has 0 spiro atoms. The van der Waals surface area contributed by atoms with Gasteiger partial charge in [-0.05, 0) is 63.8 Å². The largest absolute Gasteiger partial charge is 0.345 e. The minimum absolute atomic E-state index is 0.00186. The molecule has 2 aliphatic rings. The Morgan fingerprint density at radius 1 is 0.903 bits per heavy atom. The van der Waals surface area contributed by atoms with Crippen molar-refractivity contribution in [3.8, 4) is 0 Å². The van der Waals surface area contributed by atoms with Crippen molar-refractivity contribution in [3.63, 3.8) is 0 Å². The van der Waals surface area contributed by atoms with E-state index >= 15 is 0 Å². The Bertz CT molecular complexity index is 984. The number of hydrogen-bond acceptors (Lipinski definition) is 2. The zero-order valence-electron chi connectivity index (χ0n) is 18.3. The van der Waals surface area contributed by atoms with Gasteiger partial charge in [0.2, 0.25) is 0 Å². The van der Waals surface area contributed by atoms with Gasteiger partial charge in [-0.1, -0.05) is 19.3 Å². The van der Waals surface area contributed by atoms with Crippen molar-refractivity contribution < 1.29 is 18.4 Å². The van der Waals surface area contributed by atoms with Gasteiger partial charge in [0.15, 0.2) is 5.78 Å². The standard InChI is InChI=1S/C25H30F2N2O2/c1-16-14-21(17(2)29(16)20-6-4-3-5-7-20)25(31)28-12-10-18(11-13-28)24(30)22-15-19(26)8-9-23(22)27/h8-9,14-15,18,20H,3-7,10-13H2,1-2H3. The second-order valence-electron chi connectivity index (χ2n) is 9.00. The SMILES string of the molecule is Cc1cc(C(=O)N2CCC(C(=O)c3cc(F)ccc3F)CC2)c(C)n1C1CCCCC1. The van der Waals surface area contributed by atoms with Crippen LogP contribution >= 0.6 is 0 Å². The Balaban J connectivity index is 1.44. The third-order valence-electron chi connectivity index (χ3n) is 7.00. The van der Waals surface area contributed by atoms with Crippen LogP contribution in [0.15, 0.2) is 24.3 Å². The van der Waals surface area contributed by atoms with Gasteiger partial charge in [-0.3, -0.25) is 9.59 Å². The quantitative estimate of drug-likeness (QED) is 0.593. The Labute approximate surface area is 182 Å². The molecule has 166 valence electrons. The van der Waals surface area contributed by atoms with E-state index in [1.807, 2.05) is 13.0 Å². The van der Waals surface area contributed by atoms with E-state index < -0.39 is 17.6 Å². The number of ketones is 1. The molecule has 1 aliphatic heterocycles. The second kappa shape index (κ2) is 8.93. The molecule has 0 N–H and O–H groups in total. The summed E-state index contributed by atoms with van der Waals surface area (Å²) in [6.07, 6.45) is 7.00. The highest BCUT2D eigenvalue weighted by molar-refractivity contribution is 5.99. The number of carbonyl (C=O) groups excluding carboxylic acids is 2. The van der Waals surface area contributed by atoms with Crippen molar-refractivity contribution in [1.29, 1.82) is 0 Å². The van der Waals surface area contributed by atoms with Crippen molar-refractivity contribution in [2.75, 3.05) is 13.1 Å². The van der Waals surface area contributed by atoms with Gasteiger partial charge in [0.25, 0.3) is 5.91 Å². The van der Waals surface area contributed by atoms with Gasteiger partial charge in [-0.2, -0.15) is 0 Å². The molecule has 4 nitrogen and oxygen atoms in total. The third kappa shape index (κ3) is 4.30. The van der Waals surface area contributed by atoms with Crippen LogP contribution in [-0.4, -0.2) is 34.2 Å². The van der Waals surface area contributed by atoms with Gasteiger partial charge in [0.05, 0.1) is 11.1 Å². The Morgan fingerprint density at radius 3 is 2.26 bits per heavy atom. The number of amides is 1. The monoisotopic (exact) mass is 428 g/mol. The predicted molar refractivity (Wildman–Crippen MR) is 115 cm³/mol. The molecule has 1 aromatic heterocycles. The Kier molecular flexibility index (Phi) is 6.26. The number of carbonyl (C=O) groups is 2. The van der Waals surface area contributed by atoms with Crippen molar-refractivity contribution in [3.05, 3.63) is 58.4 Å². The van der Waals surface area contributed by atoms with E-state index in [9.17, 15) is 18.4 Å². The lowest BCUT2D eigenvalue weighted by atomic mass is 9.88.